The molecule has 0 saturated carbocycles. The zero-order chi connectivity index (χ0) is 16.7. The SMILES string of the molecule is Cc1ccc(C2Cc3ccccc3C(OI)(C(C)(C)C)O2)cc1. The van der Waals surface area contributed by atoms with Gasteiger partial charge in [-0.1, -0.05) is 74.9 Å². The molecule has 0 bridgehead atoms. The van der Waals surface area contributed by atoms with Crippen molar-refractivity contribution in [3.05, 3.63) is 70.8 Å². The van der Waals surface area contributed by atoms with E-state index in [0.29, 0.717) is 0 Å². The molecule has 2 unspecified atom stereocenters. The molecule has 2 atom stereocenters. The van der Waals surface area contributed by atoms with Crippen LogP contribution in [-0.4, -0.2) is 0 Å². The van der Waals surface area contributed by atoms with Crippen molar-refractivity contribution in [2.75, 3.05) is 0 Å². The lowest BCUT2D eigenvalue weighted by Gasteiger charge is -2.48. The minimum atomic E-state index is -0.752. The van der Waals surface area contributed by atoms with Crippen molar-refractivity contribution in [2.24, 2.45) is 5.41 Å². The largest absolute Gasteiger partial charge is 0.336 e. The standard InChI is InChI=1S/C20H23IO2/c1-14-9-11-15(12-10-14)18-13-16-7-5-6-8-17(16)20(22-18,23-21)19(2,3)4/h5-12,18H,13H2,1-4H3. The fraction of sp³-hybridized carbons (Fsp3) is 0.400. The summed E-state index contributed by atoms with van der Waals surface area (Å²) >= 11 is 1.99. The first-order valence-electron chi connectivity index (χ1n) is 8.00. The number of hydrogen-bond acceptors (Lipinski definition) is 2. The molecule has 1 heterocycles. The van der Waals surface area contributed by atoms with E-state index in [2.05, 4.69) is 76.2 Å². The average Bonchev–Trinajstić information content (AvgIpc) is 2.53. The predicted molar refractivity (Wildman–Crippen MR) is 101 cm³/mol. The van der Waals surface area contributed by atoms with Crippen LogP contribution in [0.25, 0.3) is 0 Å². The summed E-state index contributed by atoms with van der Waals surface area (Å²) in [6, 6.07) is 17.1. The molecule has 0 saturated heterocycles. The Balaban J connectivity index is 2.11. The first-order chi connectivity index (χ1) is 10.9. The second kappa shape index (κ2) is 6.19. The van der Waals surface area contributed by atoms with Crippen LogP contribution in [0.1, 0.15) is 49.1 Å². The molecule has 23 heavy (non-hydrogen) atoms. The molecule has 0 fully saturated rings. The van der Waals surface area contributed by atoms with Crippen molar-refractivity contribution in [3.63, 3.8) is 0 Å². The predicted octanol–water partition coefficient (Wildman–Crippen LogP) is 5.87. The molecule has 3 heteroatoms. The molecule has 0 spiro atoms. The minimum absolute atomic E-state index is 0.000471. The molecular formula is C20H23IO2. The summed E-state index contributed by atoms with van der Waals surface area (Å²) in [6.45, 7) is 8.61. The highest BCUT2D eigenvalue weighted by Crippen LogP contribution is 2.52. The van der Waals surface area contributed by atoms with Gasteiger partial charge in [-0.15, -0.1) is 0 Å². The lowest BCUT2D eigenvalue weighted by Crippen LogP contribution is -2.47. The van der Waals surface area contributed by atoms with Gasteiger partial charge in [0.05, 0.1) is 6.10 Å². The maximum Gasteiger partial charge on any atom is 0.211 e. The van der Waals surface area contributed by atoms with E-state index >= 15 is 0 Å². The van der Waals surface area contributed by atoms with Gasteiger partial charge in [-0.05, 0) is 18.1 Å². The van der Waals surface area contributed by atoms with E-state index in [1.54, 1.807) is 0 Å². The summed E-state index contributed by atoms with van der Waals surface area (Å²) in [4.78, 5) is 0. The first-order valence-corrected chi connectivity index (χ1v) is 8.88. The molecular weight excluding hydrogens is 399 g/mol. The highest BCUT2D eigenvalue weighted by molar-refractivity contribution is 14.1. The summed E-state index contributed by atoms with van der Waals surface area (Å²) in [5, 5.41) is 0. The molecule has 0 aliphatic carbocycles. The van der Waals surface area contributed by atoms with Crippen LogP contribution >= 0.6 is 23.0 Å². The summed E-state index contributed by atoms with van der Waals surface area (Å²) < 4.78 is 12.6. The lowest BCUT2D eigenvalue weighted by molar-refractivity contribution is -0.268. The van der Waals surface area contributed by atoms with Gasteiger partial charge >= 0.3 is 0 Å². The first kappa shape index (κ1) is 16.9. The summed E-state index contributed by atoms with van der Waals surface area (Å²) in [7, 11) is 0. The normalized spacial score (nSPS) is 24.3. The van der Waals surface area contributed by atoms with Gasteiger partial charge in [-0.3, -0.25) is 3.07 Å². The van der Waals surface area contributed by atoms with Crippen LogP contribution in [0, 0.1) is 12.3 Å². The number of benzene rings is 2. The number of rotatable bonds is 2. The van der Waals surface area contributed by atoms with Crippen LogP contribution in [0.5, 0.6) is 0 Å². The zero-order valence-electron chi connectivity index (χ0n) is 14.1. The minimum Gasteiger partial charge on any atom is -0.336 e. The molecule has 2 aromatic carbocycles. The Labute approximate surface area is 152 Å². The van der Waals surface area contributed by atoms with E-state index < -0.39 is 5.79 Å². The Kier molecular flexibility index (Phi) is 4.55. The molecule has 122 valence electrons. The second-order valence-electron chi connectivity index (χ2n) is 7.32. The topological polar surface area (TPSA) is 18.5 Å². The molecule has 1 aliphatic heterocycles. The van der Waals surface area contributed by atoms with E-state index in [9.17, 15) is 0 Å². The van der Waals surface area contributed by atoms with Crippen LogP contribution in [0.2, 0.25) is 0 Å². The Morgan fingerprint density at radius 2 is 1.74 bits per heavy atom. The van der Waals surface area contributed by atoms with Crippen molar-refractivity contribution in [1.82, 2.24) is 0 Å². The number of hydrogen-bond donors (Lipinski definition) is 0. The third-order valence-electron chi connectivity index (χ3n) is 4.63. The van der Waals surface area contributed by atoms with E-state index in [0.717, 1.165) is 12.0 Å². The summed E-state index contributed by atoms with van der Waals surface area (Å²) in [5.74, 6) is -0.752. The quantitative estimate of drug-likeness (QED) is 0.564. The van der Waals surface area contributed by atoms with Crippen molar-refractivity contribution in [1.29, 1.82) is 0 Å². The Morgan fingerprint density at radius 3 is 2.35 bits per heavy atom. The maximum atomic E-state index is 6.61. The van der Waals surface area contributed by atoms with Crippen LogP contribution in [0.15, 0.2) is 48.5 Å². The van der Waals surface area contributed by atoms with Crippen LogP contribution < -0.4 is 0 Å². The van der Waals surface area contributed by atoms with Gasteiger partial charge in [0.25, 0.3) is 0 Å². The average molecular weight is 422 g/mol. The third kappa shape index (κ3) is 2.94. The van der Waals surface area contributed by atoms with E-state index in [1.165, 1.54) is 16.7 Å². The number of fused-ring (bicyclic) bond motifs is 1. The maximum absolute atomic E-state index is 6.61. The van der Waals surface area contributed by atoms with Crippen molar-refractivity contribution >= 4 is 23.0 Å². The van der Waals surface area contributed by atoms with Gasteiger partial charge in [-0.25, -0.2) is 0 Å². The molecule has 0 radical (unpaired) electrons. The number of halogens is 1. The second-order valence-corrected chi connectivity index (χ2v) is 7.76. The molecule has 2 aromatic rings. The number of aryl methyl sites for hydroxylation is 1. The van der Waals surface area contributed by atoms with E-state index in [-0.39, 0.29) is 11.5 Å². The van der Waals surface area contributed by atoms with E-state index in [1.807, 2.05) is 23.0 Å². The smallest absolute Gasteiger partial charge is 0.211 e. The summed E-state index contributed by atoms with van der Waals surface area (Å²) in [6.07, 6.45) is 0.872. The Morgan fingerprint density at radius 1 is 1.09 bits per heavy atom. The van der Waals surface area contributed by atoms with Crippen LogP contribution in [-0.2, 0) is 20.0 Å². The Bertz CT molecular complexity index is 688. The fourth-order valence-electron chi connectivity index (χ4n) is 3.25. The third-order valence-corrected chi connectivity index (χ3v) is 5.25. The molecule has 0 aromatic heterocycles. The van der Waals surface area contributed by atoms with E-state index in [4.69, 9.17) is 7.80 Å². The van der Waals surface area contributed by atoms with Gasteiger partial charge < -0.3 is 4.74 Å². The van der Waals surface area contributed by atoms with Crippen molar-refractivity contribution in [3.8, 4) is 0 Å². The van der Waals surface area contributed by atoms with Gasteiger partial charge in [-0.2, -0.15) is 0 Å². The van der Waals surface area contributed by atoms with Crippen LogP contribution in [0.3, 0.4) is 0 Å². The van der Waals surface area contributed by atoms with Crippen molar-refractivity contribution in [2.45, 2.75) is 46.0 Å². The zero-order valence-corrected chi connectivity index (χ0v) is 16.3. The van der Waals surface area contributed by atoms with Crippen molar-refractivity contribution < 1.29 is 7.80 Å². The molecule has 1 aliphatic rings. The molecule has 0 N–H and O–H groups in total. The van der Waals surface area contributed by atoms with Gasteiger partial charge in [0, 0.05) is 17.4 Å². The summed E-state index contributed by atoms with van der Waals surface area (Å²) in [5.41, 5.74) is 4.72. The fourth-order valence-corrected chi connectivity index (χ4v) is 4.25. The van der Waals surface area contributed by atoms with Gasteiger partial charge in [0.15, 0.2) is 0 Å². The number of ether oxygens (including phenoxy) is 1. The highest BCUT2D eigenvalue weighted by Gasteiger charge is 2.51. The molecule has 0 amide bonds. The molecule has 3 rings (SSSR count). The monoisotopic (exact) mass is 422 g/mol. The Hall–Kier alpha value is -0.910. The van der Waals surface area contributed by atoms with Gasteiger partial charge in [0.1, 0.15) is 23.0 Å². The van der Waals surface area contributed by atoms with Crippen LogP contribution in [0.4, 0.5) is 0 Å². The molecule has 2 nitrogen and oxygen atoms in total. The lowest BCUT2D eigenvalue weighted by atomic mass is 9.76. The highest BCUT2D eigenvalue weighted by atomic mass is 127. The van der Waals surface area contributed by atoms with Gasteiger partial charge in [0.2, 0.25) is 5.79 Å².